The monoisotopic (exact) mass is 286 g/mol. The Morgan fingerprint density at radius 3 is 1.50 bits per heavy atom. The standard InChI is InChI=1S/C10H8Br2/c1-7(11)9-5-3-4-6-10(9)8(2)12/h3-6H,1-2H2. The summed E-state index contributed by atoms with van der Waals surface area (Å²) < 4.78 is 1.75. The molecule has 0 unspecified atom stereocenters. The van der Waals surface area contributed by atoms with Crippen molar-refractivity contribution < 1.29 is 0 Å². The maximum absolute atomic E-state index is 3.82. The lowest BCUT2D eigenvalue weighted by atomic mass is 10.1. The van der Waals surface area contributed by atoms with Crippen LogP contribution in [0.4, 0.5) is 0 Å². The van der Waals surface area contributed by atoms with Gasteiger partial charge >= 0.3 is 0 Å². The van der Waals surface area contributed by atoms with Crippen molar-refractivity contribution in [3.05, 3.63) is 48.6 Å². The smallest absolute Gasteiger partial charge is 0.0182 e. The van der Waals surface area contributed by atoms with Crippen LogP contribution >= 0.6 is 31.9 Å². The molecule has 0 aliphatic carbocycles. The number of rotatable bonds is 2. The SMILES string of the molecule is C=C(Br)c1ccccc1C(=C)Br. The molecule has 1 aromatic rings. The van der Waals surface area contributed by atoms with Gasteiger partial charge in [-0.15, -0.1) is 0 Å². The number of hydrogen-bond acceptors (Lipinski definition) is 0. The van der Waals surface area contributed by atoms with E-state index in [1.54, 1.807) is 0 Å². The van der Waals surface area contributed by atoms with E-state index in [0.29, 0.717) is 0 Å². The Morgan fingerprint density at radius 1 is 0.917 bits per heavy atom. The number of hydrogen-bond donors (Lipinski definition) is 0. The predicted octanol–water partition coefficient (Wildman–Crippen LogP) is 4.42. The minimum atomic E-state index is 0.874. The Bertz CT molecular complexity index is 293. The lowest BCUT2D eigenvalue weighted by molar-refractivity contribution is 1.61. The van der Waals surface area contributed by atoms with E-state index < -0.39 is 0 Å². The van der Waals surface area contributed by atoms with Gasteiger partial charge in [0, 0.05) is 8.96 Å². The molecule has 0 aliphatic heterocycles. The van der Waals surface area contributed by atoms with E-state index in [1.165, 1.54) is 0 Å². The third-order valence-electron chi connectivity index (χ3n) is 1.51. The molecule has 62 valence electrons. The minimum absolute atomic E-state index is 0.874. The maximum atomic E-state index is 3.82. The largest absolute Gasteiger partial charge is 0.0841 e. The molecule has 0 saturated carbocycles. The van der Waals surface area contributed by atoms with Crippen LogP contribution in [-0.2, 0) is 0 Å². The second-order valence-corrected chi connectivity index (χ2v) is 4.27. The van der Waals surface area contributed by atoms with Crippen molar-refractivity contribution in [2.75, 3.05) is 0 Å². The zero-order valence-corrected chi connectivity index (χ0v) is 9.65. The van der Waals surface area contributed by atoms with Crippen molar-refractivity contribution in [1.29, 1.82) is 0 Å². The molecule has 12 heavy (non-hydrogen) atoms. The Labute approximate surface area is 89.2 Å². The van der Waals surface area contributed by atoms with Crippen molar-refractivity contribution in [2.45, 2.75) is 0 Å². The lowest BCUT2D eigenvalue weighted by Gasteiger charge is -2.05. The quantitative estimate of drug-likeness (QED) is 0.755. The summed E-state index contributed by atoms with van der Waals surface area (Å²) in [5.74, 6) is 0. The van der Waals surface area contributed by atoms with Crippen molar-refractivity contribution in [3.8, 4) is 0 Å². The van der Waals surface area contributed by atoms with Gasteiger partial charge < -0.3 is 0 Å². The fraction of sp³-hybridized carbons (Fsp3) is 0. The Balaban J connectivity index is 3.27. The van der Waals surface area contributed by atoms with E-state index >= 15 is 0 Å². The molecule has 1 aromatic carbocycles. The van der Waals surface area contributed by atoms with Gasteiger partial charge in [0.05, 0.1) is 0 Å². The van der Waals surface area contributed by atoms with Gasteiger partial charge in [0.1, 0.15) is 0 Å². The molecule has 0 saturated heterocycles. The van der Waals surface area contributed by atoms with Crippen LogP contribution in [0.3, 0.4) is 0 Å². The first kappa shape index (κ1) is 9.75. The molecule has 0 atom stereocenters. The first-order valence-corrected chi connectivity index (χ1v) is 5.00. The highest BCUT2D eigenvalue weighted by Gasteiger charge is 2.03. The highest BCUT2D eigenvalue weighted by molar-refractivity contribution is 9.15. The number of halogens is 2. The average Bonchev–Trinajstić information content (AvgIpc) is 2.04. The summed E-state index contributed by atoms with van der Waals surface area (Å²) in [5.41, 5.74) is 2.14. The van der Waals surface area contributed by atoms with Crippen LogP contribution in [-0.4, -0.2) is 0 Å². The summed E-state index contributed by atoms with van der Waals surface area (Å²) in [6, 6.07) is 7.94. The average molecular weight is 288 g/mol. The first-order chi connectivity index (χ1) is 5.63. The molecule has 0 nitrogen and oxygen atoms in total. The Hall–Kier alpha value is -0.340. The van der Waals surface area contributed by atoms with Gasteiger partial charge in [-0.1, -0.05) is 69.3 Å². The molecule has 0 aromatic heterocycles. The lowest BCUT2D eigenvalue weighted by Crippen LogP contribution is -1.83. The summed E-state index contributed by atoms with van der Waals surface area (Å²) in [6.07, 6.45) is 0. The summed E-state index contributed by atoms with van der Waals surface area (Å²) in [6.45, 7) is 7.65. The van der Waals surface area contributed by atoms with Crippen LogP contribution in [0.25, 0.3) is 8.96 Å². The maximum Gasteiger partial charge on any atom is 0.0182 e. The molecular weight excluding hydrogens is 280 g/mol. The summed E-state index contributed by atoms with van der Waals surface area (Å²) in [4.78, 5) is 0. The second kappa shape index (κ2) is 4.06. The van der Waals surface area contributed by atoms with E-state index in [-0.39, 0.29) is 0 Å². The molecule has 0 bridgehead atoms. The van der Waals surface area contributed by atoms with E-state index in [0.717, 1.165) is 20.1 Å². The molecule has 0 aliphatic rings. The first-order valence-electron chi connectivity index (χ1n) is 3.41. The molecule has 0 fully saturated rings. The van der Waals surface area contributed by atoms with Crippen molar-refractivity contribution in [1.82, 2.24) is 0 Å². The number of benzene rings is 1. The second-order valence-electron chi connectivity index (χ2n) is 2.36. The van der Waals surface area contributed by atoms with E-state index in [1.807, 2.05) is 24.3 Å². The van der Waals surface area contributed by atoms with Crippen molar-refractivity contribution >= 4 is 40.8 Å². The Morgan fingerprint density at radius 2 is 1.25 bits per heavy atom. The molecule has 0 radical (unpaired) electrons. The van der Waals surface area contributed by atoms with Crippen molar-refractivity contribution in [2.24, 2.45) is 0 Å². The topological polar surface area (TPSA) is 0 Å². The van der Waals surface area contributed by atoms with Gasteiger partial charge in [-0.3, -0.25) is 0 Å². The van der Waals surface area contributed by atoms with E-state index in [2.05, 4.69) is 45.0 Å². The summed E-state index contributed by atoms with van der Waals surface area (Å²) in [5, 5.41) is 0. The van der Waals surface area contributed by atoms with Crippen LogP contribution in [0.5, 0.6) is 0 Å². The third-order valence-corrected chi connectivity index (χ3v) is 2.37. The molecule has 0 amide bonds. The molecular formula is C10H8Br2. The fourth-order valence-electron chi connectivity index (χ4n) is 0.956. The predicted molar refractivity (Wildman–Crippen MR) is 62.4 cm³/mol. The van der Waals surface area contributed by atoms with Gasteiger partial charge in [-0.25, -0.2) is 0 Å². The third kappa shape index (κ3) is 2.08. The molecule has 0 spiro atoms. The zero-order chi connectivity index (χ0) is 9.14. The van der Waals surface area contributed by atoms with Gasteiger partial charge in [-0.05, 0) is 11.1 Å². The Kier molecular flexibility index (Phi) is 3.29. The summed E-state index contributed by atoms with van der Waals surface area (Å²) in [7, 11) is 0. The normalized spacial score (nSPS) is 9.50. The van der Waals surface area contributed by atoms with E-state index in [9.17, 15) is 0 Å². The van der Waals surface area contributed by atoms with Crippen LogP contribution in [0.15, 0.2) is 37.4 Å². The molecule has 2 heteroatoms. The molecule has 1 rings (SSSR count). The highest BCUT2D eigenvalue weighted by atomic mass is 79.9. The van der Waals surface area contributed by atoms with Crippen LogP contribution in [0, 0.1) is 0 Å². The zero-order valence-electron chi connectivity index (χ0n) is 6.48. The van der Waals surface area contributed by atoms with Crippen molar-refractivity contribution in [3.63, 3.8) is 0 Å². The van der Waals surface area contributed by atoms with Crippen LogP contribution in [0.1, 0.15) is 11.1 Å². The van der Waals surface area contributed by atoms with Gasteiger partial charge in [-0.2, -0.15) is 0 Å². The van der Waals surface area contributed by atoms with Gasteiger partial charge in [0.25, 0.3) is 0 Å². The molecule has 0 heterocycles. The summed E-state index contributed by atoms with van der Waals surface area (Å²) >= 11 is 6.69. The van der Waals surface area contributed by atoms with Gasteiger partial charge in [0.2, 0.25) is 0 Å². The molecule has 0 N–H and O–H groups in total. The highest BCUT2D eigenvalue weighted by Crippen LogP contribution is 2.29. The fourth-order valence-corrected chi connectivity index (χ4v) is 1.65. The van der Waals surface area contributed by atoms with E-state index in [4.69, 9.17) is 0 Å². The minimum Gasteiger partial charge on any atom is -0.0841 e. The van der Waals surface area contributed by atoms with Crippen LogP contribution in [0.2, 0.25) is 0 Å². The van der Waals surface area contributed by atoms with Gasteiger partial charge in [0.15, 0.2) is 0 Å². The van der Waals surface area contributed by atoms with Crippen LogP contribution < -0.4 is 0 Å².